The number of phenols is 1. The van der Waals surface area contributed by atoms with Gasteiger partial charge < -0.3 is 40.9 Å². The summed E-state index contributed by atoms with van der Waals surface area (Å²) >= 11 is 0. The summed E-state index contributed by atoms with van der Waals surface area (Å²) in [5.41, 5.74) is 4.69. The van der Waals surface area contributed by atoms with Crippen molar-refractivity contribution in [1.29, 1.82) is 0 Å². The molecule has 220 valence electrons. The number of aliphatic hydroxyl groups excluding tert-OH is 2. The minimum absolute atomic E-state index is 0.0360. The largest absolute Gasteiger partial charge is 0.508 e. The second kappa shape index (κ2) is 11.0. The summed E-state index contributed by atoms with van der Waals surface area (Å²) in [6.45, 7) is 2.16. The first kappa shape index (κ1) is 29.8. The predicted molar refractivity (Wildman–Crippen MR) is 150 cm³/mol. The molecular weight excluding hydrogens is 518 g/mol. The van der Waals surface area contributed by atoms with Crippen molar-refractivity contribution >= 4 is 28.8 Å². The van der Waals surface area contributed by atoms with Gasteiger partial charge in [0.05, 0.1) is 23.9 Å². The molecule has 3 aliphatic rings. The molecule has 40 heavy (non-hydrogen) atoms. The molecule has 12 nitrogen and oxygen atoms in total. The second-order valence-corrected chi connectivity index (χ2v) is 11.8. The molecule has 1 aliphatic heterocycles. The van der Waals surface area contributed by atoms with Gasteiger partial charge in [-0.3, -0.25) is 19.3 Å². The summed E-state index contributed by atoms with van der Waals surface area (Å²) in [7, 11) is 8.97. The van der Waals surface area contributed by atoms with Crippen LogP contribution in [0.4, 0.5) is 11.4 Å². The summed E-state index contributed by atoms with van der Waals surface area (Å²) in [6.07, 6.45) is 0.491. The molecule has 1 amide bonds. The number of nitrogens with zero attached hydrogens (tertiary/aromatic N) is 4. The molecule has 1 aromatic rings. The summed E-state index contributed by atoms with van der Waals surface area (Å²) in [5.74, 6) is -4.59. The summed E-state index contributed by atoms with van der Waals surface area (Å²) in [5, 5.41) is 43.8. The number of likely N-dealkylation sites (N-methyl/N-ethyl adjacent to an activating group) is 2. The molecule has 0 spiro atoms. The Balaban J connectivity index is 1.74. The number of hydrogen-bond donors (Lipinski definition) is 5. The average Bonchev–Trinajstić information content (AvgIpc) is 2.87. The molecule has 4 rings (SSSR count). The zero-order valence-electron chi connectivity index (χ0n) is 23.8. The van der Waals surface area contributed by atoms with E-state index in [1.165, 1.54) is 4.90 Å². The fourth-order valence-corrected chi connectivity index (χ4v) is 6.58. The van der Waals surface area contributed by atoms with Crippen molar-refractivity contribution < 1.29 is 34.8 Å². The fraction of sp³-hybridized carbons (Fsp3) is 0.607. The van der Waals surface area contributed by atoms with E-state index < -0.39 is 47.2 Å². The zero-order chi connectivity index (χ0) is 29.7. The van der Waals surface area contributed by atoms with Gasteiger partial charge in [0.25, 0.3) is 5.91 Å². The number of primary amides is 1. The van der Waals surface area contributed by atoms with Gasteiger partial charge in [-0.2, -0.15) is 0 Å². The van der Waals surface area contributed by atoms with Crippen molar-refractivity contribution in [2.24, 2.45) is 17.6 Å². The zero-order valence-corrected chi connectivity index (χ0v) is 23.8. The first-order chi connectivity index (χ1) is 18.7. The third-order valence-corrected chi connectivity index (χ3v) is 8.72. The molecule has 6 N–H and O–H groups in total. The second-order valence-electron chi connectivity index (χ2n) is 11.8. The fourth-order valence-electron chi connectivity index (χ4n) is 6.58. The summed E-state index contributed by atoms with van der Waals surface area (Å²) in [6, 6.07) is 0.827. The lowest BCUT2D eigenvalue weighted by Gasteiger charge is -2.46. The van der Waals surface area contributed by atoms with Crippen LogP contribution >= 0.6 is 0 Å². The van der Waals surface area contributed by atoms with Crippen LogP contribution in [-0.2, 0) is 16.0 Å². The number of fused-ring (bicyclic) bond motifs is 1. The Kier molecular flexibility index (Phi) is 8.19. The monoisotopic (exact) mass is 559 g/mol. The molecular formula is C28H41N5O7. The molecule has 0 radical (unpaired) electrons. The lowest BCUT2D eigenvalue weighted by atomic mass is 9.66. The van der Waals surface area contributed by atoms with Gasteiger partial charge in [-0.05, 0) is 51.5 Å². The van der Waals surface area contributed by atoms with Crippen LogP contribution < -0.4 is 15.5 Å². The van der Waals surface area contributed by atoms with E-state index >= 15 is 0 Å². The SMILES string of the molecule is CN1CCN(c2cc(N(C)C)c3c(c2O)C(=O)C[C@H](C[C@H]2[C@H](N(C)C)C(=O)C(C(N)=O)=C(O)[C@@]2(O)CO)C3)CC1. The number of benzene rings is 1. The van der Waals surface area contributed by atoms with Gasteiger partial charge in [-0.25, -0.2) is 0 Å². The number of rotatable bonds is 7. The number of carbonyl (C=O) groups is 3. The Hall–Kier alpha value is -3.19. The third-order valence-electron chi connectivity index (χ3n) is 8.72. The number of aromatic hydroxyl groups is 1. The van der Waals surface area contributed by atoms with Crippen LogP contribution in [0.15, 0.2) is 17.4 Å². The van der Waals surface area contributed by atoms with Crippen LogP contribution in [0.1, 0.15) is 28.8 Å². The van der Waals surface area contributed by atoms with Crippen molar-refractivity contribution in [3.63, 3.8) is 0 Å². The minimum Gasteiger partial charge on any atom is -0.508 e. The third kappa shape index (κ3) is 4.93. The molecule has 12 heteroatoms. The molecule has 2 aliphatic carbocycles. The number of carbonyl (C=O) groups excluding carboxylic acids is 3. The lowest BCUT2D eigenvalue weighted by Crippen LogP contribution is -2.61. The Morgan fingerprint density at radius 3 is 2.25 bits per heavy atom. The van der Waals surface area contributed by atoms with Crippen LogP contribution in [0.5, 0.6) is 5.75 Å². The maximum Gasteiger partial charge on any atom is 0.255 e. The smallest absolute Gasteiger partial charge is 0.255 e. The molecule has 1 heterocycles. The highest BCUT2D eigenvalue weighted by atomic mass is 16.4. The maximum absolute atomic E-state index is 13.6. The molecule has 4 atom stereocenters. The molecule has 1 fully saturated rings. The highest BCUT2D eigenvalue weighted by molar-refractivity contribution is 6.22. The number of ketones is 2. The van der Waals surface area contributed by atoms with E-state index in [0.29, 0.717) is 17.7 Å². The molecule has 0 saturated carbocycles. The highest BCUT2D eigenvalue weighted by Crippen LogP contribution is 2.47. The average molecular weight is 560 g/mol. The Morgan fingerprint density at radius 2 is 1.73 bits per heavy atom. The van der Waals surface area contributed by atoms with Crippen LogP contribution in [0.3, 0.4) is 0 Å². The van der Waals surface area contributed by atoms with E-state index in [0.717, 1.165) is 31.9 Å². The Labute approximate surface area is 234 Å². The normalized spacial score (nSPS) is 27.8. The first-order valence-electron chi connectivity index (χ1n) is 13.5. The number of Topliss-reactive ketones (excluding diaryl/α,β-unsaturated/α-hetero) is 2. The Bertz CT molecular complexity index is 1240. The topological polar surface area (TPSA) is 171 Å². The standard InChI is InChI=1S/C28H41N5O7/c1-30(2)18-13-19(33-8-6-32(5)7-9-33)24(36)21-16(18)10-15(12-20(21)35)11-17-23(31(3)4)25(37)22(27(29)39)26(38)28(17,40)14-34/h13,15,17,23,34,36,38,40H,6-12,14H2,1-5H3,(H2,29,39)/t15-,17-,23-,28+/m0/s1. The van der Waals surface area contributed by atoms with Crippen LogP contribution in [0.25, 0.3) is 0 Å². The minimum atomic E-state index is -2.31. The van der Waals surface area contributed by atoms with Gasteiger partial charge in [-0.1, -0.05) is 0 Å². The van der Waals surface area contributed by atoms with Gasteiger partial charge in [0.15, 0.2) is 11.6 Å². The van der Waals surface area contributed by atoms with Crippen molar-refractivity contribution in [3.05, 3.63) is 28.5 Å². The van der Waals surface area contributed by atoms with Gasteiger partial charge in [0.1, 0.15) is 22.7 Å². The van der Waals surface area contributed by atoms with Gasteiger partial charge in [0, 0.05) is 58.3 Å². The van der Waals surface area contributed by atoms with Crippen molar-refractivity contribution in [2.75, 3.05) is 77.8 Å². The first-order valence-corrected chi connectivity index (χ1v) is 13.5. The number of nitrogens with two attached hydrogens (primary N) is 1. The van der Waals surface area contributed by atoms with E-state index in [2.05, 4.69) is 9.80 Å². The molecule has 1 saturated heterocycles. The van der Waals surface area contributed by atoms with E-state index in [4.69, 9.17) is 5.73 Å². The quantitative estimate of drug-likeness (QED) is 0.273. The van der Waals surface area contributed by atoms with E-state index in [1.807, 2.05) is 32.1 Å². The summed E-state index contributed by atoms with van der Waals surface area (Å²) in [4.78, 5) is 46.6. The maximum atomic E-state index is 13.6. The molecule has 0 bridgehead atoms. The predicted octanol–water partition coefficient (Wildman–Crippen LogP) is -0.505. The van der Waals surface area contributed by atoms with Gasteiger partial charge >= 0.3 is 0 Å². The van der Waals surface area contributed by atoms with Gasteiger partial charge in [0.2, 0.25) is 0 Å². The van der Waals surface area contributed by atoms with E-state index in [9.17, 15) is 34.8 Å². The number of anilines is 2. The van der Waals surface area contributed by atoms with Crippen molar-refractivity contribution in [3.8, 4) is 5.75 Å². The number of phenolic OH excluding ortho intramolecular Hbond substituents is 1. The number of amides is 1. The van der Waals surface area contributed by atoms with Crippen LogP contribution in [0.2, 0.25) is 0 Å². The molecule has 1 aromatic carbocycles. The van der Waals surface area contributed by atoms with Crippen LogP contribution in [0, 0.1) is 11.8 Å². The molecule has 0 unspecified atom stereocenters. The molecule has 0 aromatic heterocycles. The highest BCUT2D eigenvalue weighted by Gasteiger charge is 2.56. The lowest BCUT2D eigenvalue weighted by molar-refractivity contribution is -0.140. The number of piperazine rings is 1. The number of hydrogen-bond acceptors (Lipinski definition) is 11. The van der Waals surface area contributed by atoms with Gasteiger partial charge in [-0.15, -0.1) is 0 Å². The van der Waals surface area contributed by atoms with E-state index in [1.54, 1.807) is 14.1 Å². The van der Waals surface area contributed by atoms with Crippen molar-refractivity contribution in [1.82, 2.24) is 9.80 Å². The van der Waals surface area contributed by atoms with Crippen LogP contribution in [-0.4, -0.2) is 127 Å². The van der Waals surface area contributed by atoms with E-state index in [-0.39, 0.29) is 35.9 Å². The van der Waals surface area contributed by atoms with Crippen molar-refractivity contribution in [2.45, 2.75) is 30.9 Å². The Morgan fingerprint density at radius 1 is 1.10 bits per heavy atom. The summed E-state index contributed by atoms with van der Waals surface area (Å²) < 4.78 is 0. The number of aliphatic hydroxyl groups is 3.